The molecule has 184 valence electrons. The van der Waals surface area contributed by atoms with Crippen LogP contribution >= 0.6 is 11.3 Å². The van der Waals surface area contributed by atoms with Crippen LogP contribution in [0.15, 0.2) is 66.9 Å². The van der Waals surface area contributed by atoms with Crippen molar-refractivity contribution in [2.45, 2.75) is 20.8 Å². The number of carbonyl (C=O) groups is 3. The molecule has 4 rings (SSSR count). The summed E-state index contributed by atoms with van der Waals surface area (Å²) in [6.07, 6.45) is 1.59. The van der Waals surface area contributed by atoms with Gasteiger partial charge in [0.05, 0.1) is 17.9 Å². The van der Waals surface area contributed by atoms with Crippen LogP contribution in [-0.2, 0) is 14.3 Å². The van der Waals surface area contributed by atoms with Crippen LogP contribution in [0.3, 0.4) is 0 Å². The first-order valence-corrected chi connectivity index (χ1v) is 12.1. The van der Waals surface area contributed by atoms with Gasteiger partial charge >= 0.3 is 11.9 Å². The summed E-state index contributed by atoms with van der Waals surface area (Å²) in [5, 5.41) is 7.64. The fraction of sp³-hybridized carbons (Fsp3) is 0.185. The number of benzene rings is 2. The second kappa shape index (κ2) is 11.0. The number of esters is 2. The van der Waals surface area contributed by atoms with Crippen LogP contribution in [0.2, 0.25) is 0 Å². The molecule has 2 aromatic heterocycles. The molecule has 0 bridgehead atoms. The summed E-state index contributed by atoms with van der Waals surface area (Å²) < 4.78 is 12.1. The summed E-state index contributed by atoms with van der Waals surface area (Å²) in [5.74, 6) is -1.75. The van der Waals surface area contributed by atoms with E-state index in [-0.39, 0.29) is 12.2 Å². The van der Waals surface area contributed by atoms with Gasteiger partial charge in [0, 0.05) is 16.6 Å². The van der Waals surface area contributed by atoms with Gasteiger partial charge in [-0.05, 0) is 38.5 Å². The number of nitrogens with one attached hydrogen (secondary N) is 1. The molecule has 2 heterocycles. The van der Waals surface area contributed by atoms with Gasteiger partial charge in [-0.3, -0.25) is 4.79 Å². The number of hydrogen-bond donors (Lipinski definition) is 1. The van der Waals surface area contributed by atoms with E-state index in [1.807, 2.05) is 67.6 Å². The summed E-state index contributed by atoms with van der Waals surface area (Å²) in [7, 11) is 0. The third-order valence-electron chi connectivity index (χ3n) is 5.45. The maximum Gasteiger partial charge on any atom is 0.342 e. The van der Waals surface area contributed by atoms with Crippen LogP contribution < -0.4 is 5.32 Å². The first-order valence-electron chi connectivity index (χ1n) is 11.3. The molecule has 0 aliphatic heterocycles. The largest absolute Gasteiger partial charge is 0.462 e. The summed E-state index contributed by atoms with van der Waals surface area (Å²) >= 11 is 1.27. The van der Waals surface area contributed by atoms with Crippen molar-refractivity contribution < 1.29 is 23.9 Å². The average molecular weight is 504 g/mol. The van der Waals surface area contributed by atoms with Crippen molar-refractivity contribution in [1.82, 2.24) is 9.78 Å². The molecule has 8 nitrogen and oxygen atoms in total. The third kappa shape index (κ3) is 5.36. The number of aryl methyl sites for hydroxylation is 1. The maximum atomic E-state index is 13.0. The molecule has 2 aromatic carbocycles. The normalized spacial score (nSPS) is 10.6. The topological polar surface area (TPSA) is 99.5 Å². The Labute approximate surface area is 212 Å². The standard InChI is InChI=1S/C27H25N3O5S/c1-4-34-27(33)23-17(2)18(3)36-25(23)28-22(31)16-35-26(32)21-15-30(20-13-9-6-10-14-20)29-24(21)19-11-7-5-8-12-19/h5-15H,4,16H2,1-3H3,(H,28,31). The minimum atomic E-state index is -0.685. The number of carbonyl (C=O) groups excluding carboxylic acids is 3. The molecule has 0 spiro atoms. The summed E-state index contributed by atoms with van der Waals surface area (Å²) in [4.78, 5) is 38.9. The number of para-hydroxylation sites is 1. The fourth-order valence-corrected chi connectivity index (χ4v) is 4.65. The molecule has 9 heteroatoms. The zero-order valence-electron chi connectivity index (χ0n) is 20.1. The lowest BCUT2D eigenvalue weighted by Gasteiger charge is -2.08. The van der Waals surface area contributed by atoms with Crippen molar-refractivity contribution in [3.63, 3.8) is 0 Å². The minimum Gasteiger partial charge on any atom is -0.462 e. The van der Waals surface area contributed by atoms with Gasteiger partial charge in [-0.15, -0.1) is 11.3 Å². The number of thiophene rings is 1. The highest BCUT2D eigenvalue weighted by atomic mass is 32.1. The Morgan fingerprint density at radius 1 is 0.944 bits per heavy atom. The van der Waals surface area contributed by atoms with Crippen LogP contribution in [0.1, 0.15) is 38.1 Å². The number of hydrogen-bond acceptors (Lipinski definition) is 7. The molecule has 0 aliphatic carbocycles. The van der Waals surface area contributed by atoms with Crippen LogP contribution in [0.4, 0.5) is 5.00 Å². The van der Waals surface area contributed by atoms with Crippen molar-refractivity contribution in [3.8, 4) is 16.9 Å². The van der Waals surface area contributed by atoms with Gasteiger partial charge in [0.2, 0.25) is 0 Å². The minimum absolute atomic E-state index is 0.221. The van der Waals surface area contributed by atoms with E-state index in [9.17, 15) is 14.4 Å². The Hall–Kier alpha value is -4.24. The highest BCUT2D eigenvalue weighted by Crippen LogP contribution is 2.33. The second-order valence-corrected chi connectivity index (χ2v) is 9.09. The van der Waals surface area contributed by atoms with Gasteiger partial charge in [-0.1, -0.05) is 48.5 Å². The number of aromatic nitrogens is 2. The molecule has 4 aromatic rings. The molecule has 0 atom stereocenters. The highest BCUT2D eigenvalue weighted by molar-refractivity contribution is 7.16. The van der Waals surface area contributed by atoms with E-state index in [0.29, 0.717) is 16.3 Å². The molecular formula is C27H25N3O5S. The first-order chi connectivity index (χ1) is 17.4. The summed E-state index contributed by atoms with van der Waals surface area (Å²) in [5.41, 5.74) is 3.25. The molecule has 36 heavy (non-hydrogen) atoms. The zero-order chi connectivity index (χ0) is 25.7. The predicted octanol–water partition coefficient (Wildman–Crippen LogP) is 5.19. The van der Waals surface area contributed by atoms with E-state index >= 15 is 0 Å². The van der Waals surface area contributed by atoms with E-state index < -0.39 is 24.5 Å². The average Bonchev–Trinajstić information content (AvgIpc) is 3.45. The molecule has 0 aliphatic rings. The van der Waals surface area contributed by atoms with Crippen LogP contribution in [0.25, 0.3) is 16.9 Å². The molecule has 0 saturated carbocycles. The summed E-state index contributed by atoms with van der Waals surface area (Å²) in [6.45, 7) is 5.06. The molecule has 0 fully saturated rings. The Morgan fingerprint density at radius 2 is 1.61 bits per heavy atom. The fourth-order valence-electron chi connectivity index (χ4n) is 3.58. The molecular weight excluding hydrogens is 478 g/mol. The van der Waals surface area contributed by atoms with Crippen molar-refractivity contribution >= 4 is 34.2 Å². The molecule has 1 amide bonds. The second-order valence-electron chi connectivity index (χ2n) is 7.87. The monoisotopic (exact) mass is 503 g/mol. The third-order valence-corrected chi connectivity index (χ3v) is 6.58. The Bertz CT molecular complexity index is 1390. The summed E-state index contributed by atoms with van der Waals surface area (Å²) in [6, 6.07) is 18.7. The van der Waals surface area contributed by atoms with Crippen molar-refractivity contribution in [3.05, 3.63) is 88.4 Å². The molecule has 0 unspecified atom stereocenters. The lowest BCUT2D eigenvalue weighted by molar-refractivity contribution is -0.119. The number of ether oxygens (including phenoxy) is 2. The molecule has 1 N–H and O–H groups in total. The van der Waals surface area contributed by atoms with E-state index in [4.69, 9.17) is 9.47 Å². The van der Waals surface area contributed by atoms with Gasteiger partial charge in [0.25, 0.3) is 5.91 Å². The van der Waals surface area contributed by atoms with E-state index in [1.54, 1.807) is 24.7 Å². The van der Waals surface area contributed by atoms with Gasteiger partial charge in [0.1, 0.15) is 16.3 Å². The van der Waals surface area contributed by atoms with E-state index in [0.717, 1.165) is 21.7 Å². The van der Waals surface area contributed by atoms with Gasteiger partial charge < -0.3 is 14.8 Å². The Morgan fingerprint density at radius 3 is 2.28 bits per heavy atom. The number of anilines is 1. The van der Waals surface area contributed by atoms with E-state index in [1.165, 1.54) is 11.3 Å². The van der Waals surface area contributed by atoms with Crippen molar-refractivity contribution in [1.29, 1.82) is 0 Å². The van der Waals surface area contributed by atoms with Crippen molar-refractivity contribution in [2.24, 2.45) is 0 Å². The quantitative estimate of drug-likeness (QED) is 0.332. The first kappa shape index (κ1) is 24.9. The Kier molecular flexibility index (Phi) is 7.60. The van der Waals surface area contributed by atoms with Gasteiger partial charge in [0.15, 0.2) is 6.61 Å². The SMILES string of the molecule is CCOC(=O)c1c(NC(=O)COC(=O)c2cn(-c3ccccc3)nc2-c2ccccc2)sc(C)c1C. The van der Waals surface area contributed by atoms with Crippen LogP contribution in [0.5, 0.6) is 0 Å². The number of amides is 1. The van der Waals surface area contributed by atoms with E-state index in [2.05, 4.69) is 10.4 Å². The lowest BCUT2D eigenvalue weighted by Crippen LogP contribution is -2.22. The van der Waals surface area contributed by atoms with Crippen LogP contribution in [0, 0.1) is 13.8 Å². The number of nitrogens with zero attached hydrogens (tertiary/aromatic N) is 2. The van der Waals surface area contributed by atoms with Crippen molar-refractivity contribution in [2.75, 3.05) is 18.5 Å². The lowest BCUT2D eigenvalue weighted by atomic mass is 10.1. The number of rotatable bonds is 8. The molecule has 0 saturated heterocycles. The van der Waals surface area contributed by atoms with Gasteiger partial charge in [-0.25, -0.2) is 14.3 Å². The molecule has 0 radical (unpaired) electrons. The maximum absolute atomic E-state index is 13.0. The van der Waals surface area contributed by atoms with Gasteiger partial charge in [-0.2, -0.15) is 5.10 Å². The van der Waals surface area contributed by atoms with Crippen LogP contribution in [-0.4, -0.2) is 40.8 Å². The highest BCUT2D eigenvalue weighted by Gasteiger charge is 2.24. The smallest absolute Gasteiger partial charge is 0.342 e. The predicted molar refractivity (Wildman–Crippen MR) is 138 cm³/mol. The Balaban J connectivity index is 1.52. The zero-order valence-corrected chi connectivity index (χ0v) is 20.9.